The monoisotopic (exact) mass is 489 g/mol. The summed E-state index contributed by atoms with van der Waals surface area (Å²) in [7, 11) is 1.72. The number of aromatic nitrogens is 7. The summed E-state index contributed by atoms with van der Waals surface area (Å²) >= 11 is 1.07. The average Bonchev–Trinajstić information content (AvgIpc) is 3.46. The van der Waals surface area contributed by atoms with Crippen molar-refractivity contribution in [3.63, 3.8) is 0 Å². The van der Waals surface area contributed by atoms with E-state index >= 15 is 0 Å². The zero-order chi connectivity index (χ0) is 24.5. The molecule has 0 aliphatic carbocycles. The number of hydrogen-bond donors (Lipinski definition) is 2. The highest BCUT2D eigenvalue weighted by atomic mass is 32.2. The van der Waals surface area contributed by atoms with E-state index in [1.165, 1.54) is 41.7 Å². The Morgan fingerprint density at radius 2 is 2.06 bits per heavy atom. The summed E-state index contributed by atoms with van der Waals surface area (Å²) in [4.78, 5) is 43.2. The fourth-order valence-corrected chi connectivity index (χ4v) is 4.19. The van der Waals surface area contributed by atoms with E-state index in [4.69, 9.17) is 0 Å². The molecule has 0 unspecified atom stereocenters. The van der Waals surface area contributed by atoms with Crippen LogP contribution in [-0.4, -0.2) is 45.3 Å². The second-order valence-electron chi connectivity index (χ2n) is 7.26. The highest BCUT2D eigenvalue weighted by molar-refractivity contribution is 7.99. The third-order valence-corrected chi connectivity index (χ3v) is 6.16. The van der Waals surface area contributed by atoms with Gasteiger partial charge in [0.15, 0.2) is 10.8 Å². The lowest BCUT2D eigenvalue weighted by molar-refractivity contribution is -0.387. The zero-order valence-electron chi connectivity index (χ0n) is 17.9. The Labute approximate surface area is 200 Å². The van der Waals surface area contributed by atoms with Gasteiger partial charge in [0.25, 0.3) is 17.2 Å². The van der Waals surface area contributed by atoms with Gasteiger partial charge in [-0.1, -0.05) is 12.1 Å². The number of nitrogens with one attached hydrogen (secondary N) is 2. The van der Waals surface area contributed by atoms with Crippen LogP contribution < -0.4 is 10.9 Å². The maximum Gasteiger partial charge on any atom is 0.284 e. The van der Waals surface area contributed by atoms with E-state index in [0.717, 1.165) is 11.8 Å². The molecule has 0 fully saturated rings. The molecule has 14 heteroatoms. The Morgan fingerprint density at radius 1 is 1.23 bits per heavy atom. The van der Waals surface area contributed by atoms with Gasteiger partial charge in [-0.2, -0.15) is 5.10 Å². The van der Waals surface area contributed by atoms with Crippen molar-refractivity contribution < 1.29 is 9.72 Å². The van der Waals surface area contributed by atoms with E-state index in [1.54, 1.807) is 35.9 Å². The van der Waals surface area contributed by atoms with Crippen LogP contribution in [0, 0.1) is 10.1 Å². The number of carbonyl (C=O) groups excluding carboxylic acids is 1. The topological polar surface area (TPSA) is 167 Å². The minimum Gasteiger partial charge on any atom is -0.320 e. The smallest absolute Gasteiger partial charge is 0.284 e. The Bertz CT molecular complexity index is 1660. The molecular weight excluding hydrogens is 474 g/mol. The molecule has 0 radical (unpaired) electrons. The molecule has 0 saturated carbocycles. The molecule has 35 heavy (non-hydrogen) atoms. The van der Waals surface area contributed by atoms with Gasteiger partial charge in [0.05, 0.1) is 33.7 Å². The summed E-state index contributed by atoms with van der Waals surface area (Å²) in [5.41, 5.74) is 0.683. The Morgan fingerprint density at radius 3 is 2.83 bits per heavy atom. The number of aromatic amines is 1. The number of nitrogens with zero attached hydrogens (tertiary/aromatic N) is 7. The second kappa shape index (κ2) is 8.83. The van der Waals surface area contributed by atoms with Crippen molar-refractivity contribution in [1.29, 1.82) is 0 Å². The Balaban J connectivity index is 1.47. The number of aryl methyl sites for hydroxylation is 1. The largest absolute Gasteiger partial charge is 0.320 e. The van der Waals surface area contributed by atoms with Crippen LogP contribution in [0.25, 0.3) is 16.7 Å². The van der Waals surface area contributed by atoms with Gasteiger partial charge in [-0.15, -0.1) is 10.2 Å². The van der Waals surface area contributed by atoms with Crippen LogP contribution in [0.4, 0.5) is 11.4 Å². The minimum absolute atomic E-state index is 0.0914. The second-order valence-corrected chi connectivity index (χ2v) is 8.27. The number of fused-ring (bicyclic) bond motifs is 1. The van der Waals surface area contributed by atoms with E-state index in [-0.39, 0.29) is 16.8 Å². The third-order valence-electron chi connectivity index (χ3n) is 5.04. The summed E-state index contributed by atoms with van der Waals surface area (Å²) in [5, 5.41) is 27.2. The minimum atomic E-state index is -0.557. The first-order valence-corrected chi connectivity index (χ1v) is 10.9. The molecule has 174 valence electrons. The fraction of sp³-hybridized carbons (Fsp3) is 0.0476. The first-order valence-electron chi connectivity index (χ1n) is 10.0. The molecule has 2 aromatic carbocycles. The Hall–Kier alpha value is -4.85. The lowest BCUT2D eigenvalue weighted by Gasteiger charge is -2.12. The van der Waals surface area contributed by atoms with E-state index in [9.17, 15) is 19.7 Å². The van der Waals surface area contributed by atoms with Crippen LogP contribution in [0.1, 0.15) is 10.4 Å². The SMILES string of the molecule is Cn1cnnc1Sc1ccc(C(=O)Nc2ccccc2-n2ncc3c(=O)[nH]cnc32)cc1[N+](=O)[O-]. The lowest BCUT2D eigenvalue weighted by atomic mass is 10.1. The molecule has 3 heterocycles. The highest BCUT2D eigenvalue weighted by Crippen LogP contribution is 2.34. The quantitative estimate of drug-likeness (QED) is 0.269. The maximum absolute atomic E-state index is 13.0. The van der Waals surface area contributed by atoms with Crippen molar-refractivity contribution >= 4 is 40.1 Å². The Kier molecular flexibility index (Phi) is 5.54. The molecule has 5 rings (SSSR count). The number of anilines is 1. The first kappa shape index (κ1) is 22.0. The van der Waals surface area contributed by atoms with Gasteiger partial charge in [0.1, 0.15) is 11.7 Å². The number of benzene rings is 2. The molecule has 13 nitrogen and oxygen atoms in total. The molecule has 0 saturated heterocycles. The van der Waals surface area contributed by atoms with Crippen molar-refractivity contribution in [2.75, 3.05) is 5.32 Å². The summed E-state index contributed by atoms with van der Waals surface area (Å²) in [6.45, 7) is 0. The van der Waals surface area contributed by atoms with Crippen molar-refractivity contribution in [2.24, 2.45) is 7.05 Å². The highest BCUT2D eigenvalue weighted by Gasteiger charge is 2.21. The average molecular weight is 489 g/mol. The van der Waals surface area contributed by atoms with Gasteiger partial charge in [0, 0.05) is 18.7 Å². The van der Waals surface area contributed by atoms with E-state index in [2.05, 4.69) is 30.6 Å². The number of H-pyrrole nitrogens is 1. The van der Waals surface area contributed by atoms with Crippen molar-refractivity contribution in [2.45, 2.75) is 10.1 Å². The van der Waals surface area contributed by atoms with Gasteiger partial charge in [-0.05, 0) is 36.0 Å². The van der Waals surface area contributed by atoms with Crippen LogP contribution in [0.15, 0.2) is 76.2 Å². The molecule has 0 aliphatic heterocycles. The number of nitro groups is 1. The molecule has 5 aromatic rings. The van der Waals surface area contributed by atoms with Gasteiger partial charge < -0.3 is 14.9 Å². The number of hydrogen-bond acceptors (Lipinski definition) is 9. The van der Waals surface area contributed by atoms with Gasteiger partial charge in [-0.3, -0.25) is 19.7 Å². The predicted octanol–water partition coefficient (Wildman–Crippen LogP) is 2.55. The van der Waals surface area contributed by atoms with Gasteiger partial charge >= 0.3 is 0 Å². The molecule has 2 N–H and O–H groups in total. The lowest BCUT2D eigenvalue weighted by Crippen LogP contribution is -2.15. The van der Waals surface area contributed by atoms with E-state index < -0.39 is 10.8 Å². The molecule has 0 spiro atoms. The van der Waals surface area contributed by atoms with Crippen LogP contribution in [0.2, 0.25) is 0 Å². The van der Waals surface area contributed by atoms with Crippen LogP contribution in [0.3, 0.4) is 0 Å². The van der Waals surface area contributed by atoms with Crippen molar-refractivity contribution in [3.8, 4) is 5.69 Å². The van der Waals surface area contributed by atoms with Gasteiger partial charge in [0.2, 0.25) is 0 Å². The fourth-order valence-electron chi connectivity index (χ4n) is 3.34. The molecule has 0 aliphatic rings. The van der Waals surface area contributed by atoms with Crippen molar-refractivity contribution in [3.05, 3.63) is 87.3 Å². The number of rotatable bonds is 6. The summed E-state index contributed by atoms with van der Waals surface area (Å²) in [6.07, 6.45) is 4.14. The normalized spacial score (nSPS) is 11.0. The number of nitro benzene ring substituents is 1. The zero-order valence-corrected chi connectivity index (χ0v) is 18.8. The third kappa shape index (κ3) is 4.13. The van der Waals surface area contributed by atoms with E-state index in [0.29, 0.717) is 32.5 Å². The summed E-state index contributed by atoms with van der Waals surface area (Å²) in [5.74, 6) is -0.557. The summed E-state index contributed by atoms with van der Waals surface area (Å²) < 4.78 is 3.07. The van der Waals surface area contributed by atoms with Crippen LogP contribution in [-0.2, 0) is 7.05 Å². The first-order chi connectivity index (χ1) is 16.9. The van der Waals surface area contributed by atoms with Gasteiger partial charge in [-0.25, -0.2) is 9.67 Å². The predicted molar refractivity (Wildman–Crippen MR) is 126 cm³/mol. The van der Waals surface area contributed by atoms with Crippen molar-refractivity contribution in [1.82, 2.24) is 34.5 Å². The van der Waals surface area contributed by atoms with Crippen LogP contribution in [0.5, 0.6) is 0 Å². The molecule has 1 amide bonds. The standard InChI is InChI=1S/C21H15N9O4S/c1-28-11-24-27-21(28)35-17-7-6-12(8-16(17)30(33)34)19(31)26-14-4-2-3-5-15(14)29-18-13(9-25-29)20(32)23-10-22-18/h2-11H,1H3,(H,26,31)(H,22,23,32). The van der Waals surface area contributed by atoms with Crippen LogP contribution >= 0.6 is 11.8 Å². The van der Waals surface area contributed by atoms with E-state index in [1.807, 2.05) is 0 Å². The number of para-hydroxylation sites is 2. The molecular formula is C21H15N9O4S. The molecule has 0 bridgehead atoms. The summed E-state index contributed by atoms with van der Waals surface area (Å²) in [6, 6.07) is 11.0. The molecule has 3 aromatic heterocycles. The number of amides is 1. The number of carbonyl (C=O) groups is 1. The maximum atomic E-state index is 13.0. The molecule has 0 atom stereocenters.